The predicted molar refractivity (Wildman–Crippen MR) is 109 cm³/mol. The minimum absolute atomic E-state index is 0.198. The van der Waals surface area contributed by atoms with Crippen LogP contribution in [0.25, 0.3) is 10.2 Å². The van der Waals surface area contributed by atoms with Crippen LogP contribution in [0.2, 0.25) is 0 Å². The summed E-state index contributed by atoms with van der Waals surface area (Å²) in [5, 5.41) is 2.89. The highest BCUT2D eigenvalue weighted by atomic mass is 32.1. The maximum absolute atomic E-state index is 13.0. The van der Waals surface area contributed by atoms with E-state index in [0.29, 0.717) is 26.3 Å². The van der Waals surface area contributed by atoms with Crippen LogP contribution in [0.3, 0.4) is 0 Å². The summed E-state index contributed by atoms with van der Waals surface area (Å²) in [6.07, 6.45) is 1.27. The third-order valence-corrected chi connectivity index (χ3v) is 5.27. The van der Waals surface area contributed by atoms with Gasteiger partial charge >= 0.3 is 5.97 Å². The summed E-state index contributed by atoms with van der Waals surface area (Å²) in [6.45, 7) is 5.55. The van der Waals surface area contributed by atoms with Crippen molar-refractivity contribution in [1.29, 1.82) is 0 Å². The smallest absolute Gasteiger partial charge is 0.348 e. The number of thiophene rings is 1. The van der Waals surface area contributed by atoms with E-state index in [-0.39, 0.29) is 19.1 Å². The van der Waals surface area contributed by atoms with Crippen LogP contribution < -0.4 is 10.9 Å². The van der Waals surface area contributed by atoms with Crippen LogP contribution in [0, 0.1) is 18.7 Å². The Hall–Kier alpha value is -3.07. The molecule has 0 saturated heterocycles. The number of aromatic nitrogens is 2. The van der Waals surface area contributed by atoms with E-state index in [9.17, 15) is 18.8 Å². The molecule has 152 valence electrons. The van der Waals surface area contributed by atoms with E-state index in [2.05, 4.69) is 10.3 Å². The molecule has 0 unspecified atom stereocenters. The minimum atomic E-state index is -0.487. The molecule has 1 amide bonds. The quantitative estimate of drug-likeness (QED) is 0.621. The van der Waals surface area contributed by atoms with Crippen molar-refractivity contribution in [2.24, 2.45) is 5.92 Å². The van der Waals surface area contributed by atoms with Crippen LogP contribution in [0.5, 0.6) is 0 Å². The SMILES string of the molecule is Cc1c(C(=O)OCC(C)C)sc2ncn(CC(=O)Nc3ccc(F)cc3)c(=O)c12. The number of hydrogen-bond acceptors (Lipinski definition) is 6. The molecule has 3 aromatic rings. The molecule has 7 nitrogen and oxygen atoms in total. The zero-order valence-electron chi connectivity index (χ0n) is 16.2. The van der Waals surface area contributed by atoms with Crippen LogP contribution >= 0.6 is 11.3 Å². The van der Waals surface area contributed by atoms with Crippen molar-refractivity contribution in [1.82, 2.24) is 9.55 Å². The number of ether oxygens (including phenoxy) is 1. The first kappa shape index (κ1) is 20.7. The normalized spacial score (nSPS) is 11.1. The lowest BCUT2D eigenvalue weighted by Crippen LogP contribution is -2.27. The van der Waals surface area contributed by atoms with E-state index in [1.54, 1.807) is 6.92 Å². The maximum atomic E-state index is 13.0. The number of anilines is 1. The lowest BCUT2D eigenvalue weighted by Gasteiger charge is -2.07. The number of carbonyl (C=O) groups is 2. The van der Waals surface area contributed by atoms with Crippen molar-refractivity contribution in [2.75, 3.05) is 11.9 Å². The summed E-state index contributed by atoms with van der Waals surface area (Å²) >= 11 is 1.09. The highest BCUT2D eigenvalue weighted by Crippen LogP contribution is 2.27. The number of nitrogens with one attached hydrogen (secondary N) is 1. The first-order chi connectivity index (χ1) is 13.8. The lowest BCUT2D eigenvalue weighted by molar-refractivity contribution is -0.116. The molecule has 0 aliphatic heterocycles. The van der Waals surface area contributed by atoms with E-state index >= 15 is 0 Å². The molecule has 0 fully saturated rings. The number of esters is 1. The Morgan fingerprint density at radius 2 is 1.97 bits per heavy atom. The molecule has 9 heteroatoms. The summed E-state index contributed by atoms with van der Waals surface area (Å²) in [6, 6.07) is 5.30. The Morgan fingerprint density at radius 3 is 2.62 bits per heavy atom. The highest BCUT2D eigenvalue weighted by molar-refractivity contribution is 7.20. The number of rotatable bonds is 6. The van der Waals surface area contributed by atoms with Crippen molar-refractivity contribution in [3.63, 3.8) is 0 Å². The number of amides is 1. The van der Waals surface area contributed by atoms with Crippen LogP contribution in [0.15, 0.2) is 35.4 Å². The summed E-state index contributed by atoms with van der Waals surface area (Å²) < 4.78 is 19.4. The van der Waals surface area contributed by atoms with Gasteiger partial charge in [0.15, 0.2) is 0 Å². The summed E-state index contributed by atoms with van der Waals surface area (Å²) in [4.78, 5) is 42.3. The van der Waals surface area contributed by atoms with E-state index in [0.717, 1.165) is 11.3 Å². The fourth-order valence-electron chi connectivity index (χ4n) is 2.66. The van der Waals surface area contributed by atoms with Gasteiger partial charge in [-0.3, -0.25) is 14.2 Å². The van der Waals surface area contributed by atoms with Crippen LogP contribution in [0.4, 0.5) is 10.1 Å². The highest BCUT2D eigenvalue weighted by Gasteiger charge is 2.21. The third-order valence-electron chi connectivity index (χ3n) is 4.09. The molecule has 0 bridgehead atoms. The lowest BCUT2D eigenvalue weighted by atomic mass is 10.2. The average molecular weight is 417 g/mol. The molecule has 2 aromatic heterocycles. The molecule has 0 radical (unpaired) electrons. The zero-order chi connectivity index (χ0) is 21.1. The number of benzene rings is 1. The largest absolute Gasteiger partial charge is 0.461 e. The van der Waals surface area contributed by atoms with Gasteiger partial charge in [0.25, 0.3) is 5.56 Å². The van der Waals surface area contributed by atoms with Crippen molar-refractivity contribution in [3.8, 4) is 0 Å². The molecule has 0 atom stereocenters. The van der Waals surface area contributed by atoms with Gasteiger partial charge in [-0.25, -0.2) is 14.2 Å². The van der Waals surface area contributed by atoms with Crippen molar-refractivity contribution >= 4 is 39.1 Å². The van der Waals surface area contributed by atoms with Crippen molar-refractivity contribution < 1.29 is 18.7 Å². The van der Waals surface area contributed by atoms with Gasteiger partial charge in [-0.15, -0.1) is 11.3 Å². The Morgan fingerprint density at radius 1 is 1.28 bits per heavy atom. The molecule has 29 heavy (non-hydrogen) atoms. The van der Waals surface area contributed by atoms with E-state index in [1.165, 1.54) is 35.2 Å². The fourth-order valence-corrected chi connectivity index (χ4v) is 3.70. The van der Waals surface area contributed by atoms with Crippen LogP contribution in [0.1, 0.15) is 29.1 Å². The molecule has 3 rings (SSSR count). The first-order valence-electron chi connectivity index (χ1n) is 8.97. The summed E-state index contributed by atoms with van der Waals surface area (Å²) in [5.41, 5.74) is 0.492. The van der Waals surface area contributed by atoms with E-state index < -0.39 is 23.3 Å². The second-order valence-corrected chi connectivity index (χ2v) is 7.96. The fraction of sp³-hybridized carbons (Fsp3) is 0.300. The van der Waals surface area contributed by atoms with Crippen LogP contribution in [-0.2, 0) is 16.1 Å². The van der Waals surface area contributed by atoms with Gasteiger partial charge < -0.3 is 10.1 Å². The van der Waals surface area contributed by atoms with E-state index in [4.69, 9.17) is 4.74 Å². The Labute approximate surface area is 170 Å². The molecular weight excluding hydrogens is 397 g/mol. The molecule has 2 heterocycles. The van der Waals surface area contributed by atoms with Gasteiger partial charge in [0.2, 0.25) is 5.91 Å². The second-order valence-electron chi connectivity index (χ2n) is 6.96. The van der Waals surface area contributed by atoms with Gasteiger partial charge in [-0.05, 0) is 42.7 Å². The van der Waals surface area contributed by atoms with Gasteiger partial charge in [0, 0.05) is 5.69 Å². The number of hydrogen-bond donors (Lipinski definition) is 1. The van der Waals surface area contributed by atoms with Crippen molar-refractivity contribution in [2.45, 2.75) is 27.3 Å². The third kappa shape index (κ3) is 4.68. The molecular formula is C20H20FN3O4S. The van der Waals surface area contributed by atoms with Gasteiger partial charge in [0.05, 0.1) is 18.3 Å². The maximum Gasteiger partial charge on any atom is 0.348 e. The number of aryl methyl sites for hydroxylation is 1. The van der Waals surface area contributed by atoms with Gasteiger partial charge in [-0.1, -0.05) is 13.8 Å². The number of halogens is 1. The monoisotopic (exact) mass is 417 g/mol. The van der Waals surface area contributed by atoms with Gasteiger partial charge in [-0.2, -0.15) is 0 Å². The topological polar surface area (TPSA) is 90.3 Å². The van der Waals surface area contributed by atoms with Crippen molar-refractivity contribution in [3.05, 3.63) is 57.2 Å². The Kier molecular flexibility index (Phi) is 6.07. The zero-order valence-corrected chi connectivity index (χ0v) is 17.0. The molecule has 0 aliphatic rings. The molecule has 0 aliphatic carbocycles. The number of nitrogens with zero attached hydrogens (tertiary/aromatic N) is 2. The van der Waals surface area contributed by atoms with Crippen LogP contribution in [-0.4, -0.2) is 28.0 Å². The Balaban J connectivity index is 1.83. The molecule has 0 spiro atoms. The second kappa shape index (κ2) is 8.52. The number of carbonyl (C=O) groups excluding carboxylic acids is 2. The molecule has 1 N–H and O–H groups in total. The molecule has 1 aromatic carbocycles. The summed E-state index contributed by atoms with van der Waals surface area (Å²) in [5.74, 6) is -1.16. The molecule has 0 saturated carbocycles. The summed E-state index contributed by atoms with van der Waals surface area (Å²) in [7, 11) is 0. The average Bonchev–Trinajstić information content (AvgIpc) is 3.01. The van der Waals surface area contributed by atoms with Gasteiger partial charge in [0.1, 0.15) is 22.1 Å². The minimum Gasteiger partial charge on any atom is -0.461 e. The first-order valence-corrected chi connectivity index (χ1v) is 9.79. The van der Waals surface area contributed by atoms with E-state index in [1.807, 2.05) is 13.8 Å². The Bertz CT molecular complexity index is 1120. The predicted octanol–water partition coefficient (Wildman–Crippen LogP) is 3.36. The number of fused-ring (bicyclic) bond motifs is 1. The standard InChI is InChI=1S/C20H20FN3O4S/c1-11(2)9-28-20(27)17-12(3)16-18(29-17)22-10-24(19(16)26)8-15(25)23-14-6-4-13(21)5-7-14/h4-7,10-11H,8-9H2,1-3H3,(H,23,25).